The van der Waals surface area contributed by atoms with Crippen molar-refractivity contribution >= 4 is 34.1 Å². The van der Waals surface area contributed by atoms with Gasteiger partial charge in [-0.25, -0.2) is 0 Å². The predicted molar refractivity (Wildman–Crippen MR) is 216 cm³/mol. The van der Waals surface area contributed by atoms with Gasteiger partial charge in [0.25, 0.3) is 0 Å². The summed E-state index contributed by atoms with van der Waals surface area (Å²) < 4.78 is 7.18. The Morgan fingerprint density at radius 2 is 1.19 bits per heavy atom. The molecule has 52 heavy (non-hydrogen) atoms. The van der Waals surface area contributed by atoms with Crippen LogP contribution in [-0.4, -0.2) is 0 Å². The molecule has 7 aromatic carbocycles. The van der Waals surface area contributed by atoms with Gasteiger partial charge in [-0.05, 0) is 99.5 Å². The predicted octanol–water partition coefficient (Wildman–Crippen LogP) is 13.7. The molecule has 0 saturated heterocycles. The van der Waals surface area contributed by atoms with E-state index >= 15 is 0 Å². The Bertz CT molecular complexity index is 2570. The number of aryl methyl sites for hydroxylation is 1. The van der Waals surface area contributed by atoms with E-state index in [1.54, 1.807) is 0 Å². The third kappa shape index (κ3) is 4.26. The summed E-state index contributed by atoms with van der Waals surface area (Å²) in [6, 6.07) is 55.3. The molecule has 1 aliphatic carbocycles. The van der Waals surface area contributed by atoms with E-state index < -0.39 is 0 Å². The van der Waals surface area contributed by atoms with Crippen LogP contribution in [-0.2, 0) is 10.8 Å². The van der Waals surface area contributed by atoms with Crippen molar-refractivity contribution in [1.82, 2.24) is 0 Å². The molecule has 0 aromatic heterocycles. The maximum absolute atomic E-state index is 7.18. The summed E-state index contributed by atoms with van der Waals surface area (Å²) in [5, 5.41) is 0. The van der Waals surface area contributed by atoms with Gasteiger partial charge in [0.1, 0.15) is 0 Å². The lowest BCUT2D eigenvalue weighted by atomic mass is 9.72. The summed E-state index contributed by atoms with van der Waals surface area (Å²) in [5.41, 5.74) is 17.7. The zero-order valence-corrected chi connectivity index (χ0v) is 30.2. The zero-order chi connectivity index (χ0) is 35.4. The Balaban J connectivity index is 1.23. The van der Waals surface area contributed by atoms with Crippen molar-refractivity contribution in [2.45, 2.75) is 45.4 Å². The van der Waals surface area contributed by atoms with Gasteiger partial charge in [-0.2, -0.15) is 0 Å². The maximum atomic E-state index is 7.18. The molecule has 2 aliphatic heterocycles. The Morgan fingerprint density at radius 1 is 0.500 bits per heavy atom. The smallest absolute Gasteiger partial charge is 0.175 e. The number of para-hydroxylation sites is 2. The minimum atomic E-state index is -0.270. The Kier molecular flexibility index (Phi) is 6.48. The van der Waals surface area contributed by atoms with Crippen LogP contribution >= 0.6 is 0 Å². The number of hydrogen-bond acceptors (Lipinski definition) is 3. The molecule has 0 amide bonds. The van der Waals surface area contributed by atoms with Crippen LogP contribution in [0.15, 0.2) is 152 Å². The summed E-state index contributed by atoms with van der Waals surface area (Å²) in [6.07, 6.45) is 0. The molecule has 0 fully saturated rings. The zero-order valence-electron chi connectivity index (χ0n) is 30.2. The second kappa shape index (κ2) is 11.0. The van der Waals surface area contributed by atoms with E-state index in [0.717, 1.165) is 39.9 Å². The highest BCUT2D eigenvalue weighted by atomic mass is 16.5. The summed E-state index contributed by atoms with van der Waals surface area (Å²) in [5.74, 6) is 1.73. The molecular weight excluding hydrogens is 633 g/mol. The highest BCUT2D eigenvalue weighted by Gasteiger charge is 2.44. The number of benzene rings is 7. The third-order valence-corrected chi connectivity index (χ3v) is 11.7. The highest BCUT2D eigenvalue weighted by molar-refractivity contribution is 6.00. The average Bonchev–Trinajstić information content (AvgIpc) is 3.40. The Hall–Kier alpha value is -6.06. The first-order valence-electron chi connectivity index (χ1n) is 18.3. The lowest BCUT2D eigenvalue weighted by Crippen LogP contribution is -2.33. The summed E-state index contributed by atoms with van der Waals surface area (Å²) in [4.78, 5) is 4.87. The van der Waals surface area contributed by atoms with Crippen LogP contribution in [0, 0.1) is 6.92 Å². The number of hydrogen-bond donors (Lipinski definition) is 0. The molecule has 10 rings (SSSR count). The topological polar surface area (TPSA) is 15.7 Å². The molecule has 0 bridgehead atoms. The quantitative estimate of drug-likeness (QED) is 0.185. The summed E-state index contributed by atoms with van der Waals surface area (Å²) in [7, 11) is 0. The van der Waals surface area contributed by atoms with Crippen molar-refractivity contribution in [1.29, 1.82) is 0 Å². The standard InChI is InChI=1S/C49H40N2O/c1-31-15-14-22-44-45(31)51-43-29-33(32-16-8-6-9-17-32)23-26-39(43)49(4,5)40-27-28-42(47(52-44)46(40)51)50(34-18-10-7-11-19-34)35-24-25-37-36-20-12-13-21-38(36)48(2,3)41(37)30-35/h6-30H,1-5H3. The van der Waals surface area contributed by atoms with Crippen LogP contribution in [0.5, 0.6) is 11.5 Å². The fourth-order valence-corrected chi connectivity index (χ4v) is 9.06. The number of fused-ring (bicyclic) bond motifs is 7. The second-order valence-electron chi connectivity index (χ2n) is 15.5. The van der Waals surface area contributed by atoms with E-state index in [0.29, 0.717) is 0 Å². The van der Waals surface area contributed by atoms with Gasteiger partial charge in [0.2, 0.25) is 0 Å². The minimum Gasteiger partial charge on any atom is -0.451 e. The summed E-state index contributed by atoms with van der Waals surface area (Å²) in [6.45, 7) is 11.6. The fraction of sp³-hybridized carbons (Fsp3) is 0.143. The van der Waals surface area contributed by atoms with Crippen LogP contribution in [0.2, 0.25) is 0 Å². The molecule has 0 N–H and O–H groups in total. The van der Waals surface area contributed by atoms with E-state index in [9.17, 15) is 0 Å². The van der Waals surface area contributed by atoms with E-state index in [1.165, 1.54) is 55.8 Å². The molecule has 3 nitrogen and oxygen atoms in total. The molecule has 0 atom stereocenters. The first-order valence-corrected chi connectivity index (χ1v) is 18.3. The molecule has 3 heteroatoms. The van der Waals surface area contributed by atoms with Crippen LogP contribution in [0.4, 0.5) is 34.1 Å². The average molecular weight is 673 g/mol. The van der Waals surface area contributed by atoms with Crippen LogP contribution in [0.3, 0.4) is 0 Å². The van der Waals surface area contributed by atoms with Crippen LogP contribution in [0.1, 0.15) is 55.5 Å². The first-order chi connectivity index (χ1) is 25.2. The number of anilines is 6. The van der Waals surface area contributed by atoms with Crippen molar-refractivity contribution < 1.29 is 4.74 Å². The molecule has 0 radical (unpaired) electrons. The molecule has 2 heterocycles. The molecule has 252 valence electrons. The first kappa shape index (κ1) is 30.7. The SMILES string of the molecule is Cc1cccc2c1N1c3cc(-c4ccccc4)ccc3C(C)(C)c3ccc(N(c4ccccc4)c4ccc5c(c4)C(C)(C)c4ccccc4-5)c(c31)O2. The van der Waals surface area contributed by atoms with E-state index in [2.05, 4.69) is 196 Å². The van der Waals surface area contributed by atoms with Gasteiger partial charge in [-0.3, -0.25) is 0 Å². The number of rotatable bonds is 4. The largest absolute Gasteiger partial charge is 0.451 e. The Morgan fingerprint density at radius 3 is 2.00 bits per heavy atom. The van der Waals surface area contributed by atoms with Crippen molar-refractivity contribution in [3.8, 4) is 33.8 Å². The Labute approximate surface area is 306 Å². The van der Waals surface area contributed by atoms with Crippen molar-refractivity contribution in [2.24, 2.45) is 0 Å². The minimum absolute atomic E-state index is 0.123. The van der Waals surface area contributed by atoms with Crippen molar-refractivity contribution in [3.05, 3.63) is 179 Å². The molecule has 0 spiro atoms. The molecule has 7 aromatic rings. The van der Waals surface area contributed by atoms with Gasteiger partial charge in [0.05, 0.1) is 22.7 Å². The summed E-state index contributed by atoms with van der Waals surface area (Å²) >= 11 is 0. The van der Waals surface area contributed by atoms with Crippen molar-refractivity contribution in [3.63, 3.8) is 0 Å². The molecule has 0 unspecified atom stereocenters. The fourth-order valence-electron chi connectivity index (χ4n) is 9.06. The number of nitrogens with zero attached hydrogens (tertiary/aromatic N) is 2. The van der Waals surface area contributed by atoms with Crippen LogP contribution < -0.4 is 14.5 Å². The van der Waals surface area contributed by atoms with E-state index in [4.69, 9.17) is 4.74 Å². The lowest BCUT2D eigenvalue weighted by molar-refractivity contribution is 0.472. The van der Waals surface area contributed by atoms with Gasteiger partial charge in [-0.1, -0.05) is 137 Å². The van der Waals surface area contributed by atoms with Crippen LogP contribution in [0.25, 0.3) is 22.3 Å². The monoisotopic (exact) mass is 672 g/mol. The highest BCUT2D eigenvalue weighted by Crippen LogP contribution is 2.64. The van der Waals surface area contributed by atoms with Gasteiger partial charge in [-0.15, -0.1) is 0 Å². The number of ether oxygens (including phenoxy) is 1. The van der Waals surface area contributed by atoms with Crippen molar-refractivity contribution in [2.75, 3.05) is 9.80 Å². The van der Waals surface area contributed by atoms with E-state index in [1.807, 2.05) is 0 Å². The van der Waals surface area contributed by atoms with E-state index in [-0.39, 0.29) is 10.8 Å². The van der Waals surface area contributed by atoms with Gasteiger partial charge < -0.3 is 14.5 Å². The lowest BCUT2D eigenvalue weighted by Gasteiger charge is -2.46. The second-order valence-corrected chi connectivity index (χ2v) is 15.5. The van der Waals surface area contributed by atoms with Gasteiger partial charge in [0, 0.05) is 22.2 Å². The normalized spacial score (nSPS) is 15.1. The molecule has 0 saturated carbocycles. The van der Waals surface area contributed by atoms with Gasteiger partial charge in [0.15, 0.2) is 11.5 Å². The molecule has 3 aliphatic rings. The third-order valence-electron chi connectivity index (χ3n) is 11.7. The van der Waals surface area contributed by atoms with Gasteiger partial charge >= 0.3 is 0 Å². The molecular formula is C49H40N2O. The maximum Gasteiger partial charge on any atom is 0.175 e.